The van der Waals surface area contributed by atoms with E-state index < -0.39 is 6.23 Å². The molecule has 0 aliphatic carbocycles. The van der Waals surface area contributed by atoms with Crippen molar-refractivity contribution in [3.63, 3.8) is 0 Å². The summed E-state index contributed by atoms with van der Waals surface area (Å²) in [5.74, 6) is -0.0138. The summed E-state index contributed by atoms with van der Waals surface area (Å²) >= 11 is 0. The molecule has 0 saturated carbocycles. The van der Waals surface area contributed by atoms with E-state index in [0.29, 0.717) is 12.3 Å². The summed E-state index contributed by atoms with van der Waals surface area (Å²) in [6.45, 7) is 8.00. The summed E-state index contributed by atoms with van der Waals surface area (Å²) in [4.78, 5) is 13.9. The Hall–Kier alpha value is -1.26. The molecule has 1 unspecified atom stereocenters. The van der Waals surface area contributed by atoms with E-state index in [-0.39, 0.29) is 25.1 Å². The Labute approximate surface area is 102 Å². The van der Waals surface area contributed by atoms with E-state index in [9.17, 15) is 4.79 Å². The van der Waals surface area contributed by atoms with Gasteiger partial charge in [0.1, 0.15) is 12.8 Å². The van der Waals surface area contributed by atoms with Crippen molar-refractivity contribution in [3.05, 3.63) is 10.4 Å². The lowest BCUT2D eigenvalue weighted by atomic mass is 10.1. The summed E-state index contributed by atoms with van der Waals surface area (Å²) in [7, 11) is 0. The highest BCUT2D eigenvalue weighted by molar-refractivity contribution is 5.71. The van der Waals surface area contributed by atoms with Crippen molar-refractivity contribution in [2.45, 2.75) is 40.3 Å². The largest absolute Gasteiger partial charge is 0.463 e. The molecular formula is C11H21N3O3. The number of hydrogen-bond acceptors (Lipinski definition) is 4. The van der Waals surface area contributed by atoms with Crippen molar-refractivity contribution < 1.29 is 14.3 Å². The van der Waals surface area contributed by atoms with E-state index in [1.807, 2.05) is 13.8 Å². The number of carbonyl (C=O) groups is 1. The second-order valence-electron chi connectivity index (χ2n) is 4.48. The SMILES string of the molecule is CC(C)CC(N=[N+]=[N-])OCCOC(=O)C(C)C. The smallest absolute Gasteiger partial charge is 0.308 e. The van der Waals surface area contributed by atoms with Gasteiger partial charge in [-0.05, 0) is 17.9 Å². The van der Waals surface area contributed by atoms with E-state index in [1.165, 1.54) is 0 Å². The van der Waals surface area contributed by atoms with Gasteiger partial charge in [-0.25, -0.2) is 0 Å². The fourth-order valence-electron chi connectivity index (χ4n) is 1.10. The van der Waals surface area contributed by atoms with Crippen LogP contribution in [0.4, 0.5) is 0 Å². The molecule has 0 spiro atoms. The first-order valence-electron chi connectivity index (χ1n) is 5.79. The van der Waals surface area contributed by atoms with Crippen LogP contribution in [0.15, 0.2) is 5.11 Å². The molecule has 0 aromatic rings. The molecule has 0 aliphatic rings. The van der Waals surface area contributed by atoms with E-state index in [0.717, 1.165) is 0 Å². The predicted octanol–water partition coefficient (Wildman–Crippen LogP) is 2.88. The van der Waals surface area contributed by atoms with E-state index >= 15 is 0 Å². The van der Waals surface area contributed by atoms with Crippen LogP contribution in [-0.4, -0.2) is 25.4 Å². The summed E-state index contributed by atoms with van der Waals surface area (Å²) in [6, 6.07) is 0. The van der Waals surface area contributed by atoms with Crippen molar-refractivity contribution >= 4 is 5.97 Å². The van der Waals surface area contributed by atoms with Crippen LogP contribution in [0.1, 0.15) is 34.1 Å². The highest BCUT2D eigenvalue weighted by atomic mass is 16.6. The Morgan fingerprint density at radius 3 is 2.41 bits per heavy atom. The maximum absolute atomic E-state index is 11.1. The van der Waals surface area contributed by atoms with Gasteiger partial charge in [-0.3, -0.25) is 4.79 Å². The third-order valence-electron chi connectivity index (χ3n) is 1.96. The summed E-state index contributed by atoms with van der Waals surface area (Å²) in [5.41, 5.74) is 8.36. The molecular weight excluding hydrogens is 222 g/mol. The molecule has 0 radical (unpaired) electrons. The molecule has 0 saturated heterocycles. The van der Waals surface area contributed by atoms with Gasteiger partial charge in [-0.15, -0.1) is 0 Å². The van der Waals surface area contributed by atoms with Gasteiger partial charge in [-0.1, -0.05) is 32.8 Å². The molecule has 6 nitrogen and oxygen atoms in total. The fraction of sp³-hybridized carbons (Fsp3) is 0.909. The topological polar surface area (TPSA) is 84.3 Å². The molecule has 0 aromatic heterocycles. The predicted molar refractivity (Wildman–Crippen MR) is 64.1 cm³/mol. The van der Waals surface area contributed by atoms with E-state index in [1.54, 1.807) is 13.8 Å². The molecule has 17 heavy (non-hydrogen) atoms. The zero-order chi connectivity index (χ0) is 13.3. The van der Waals surface area contributed by atoms with Gasteiger partial charge in [0.05, 0.1) is 12.5 Å². The van der Waals surface area contributed by atoms with Gasteiger partial charge in [-0.2, -0.15) is 0 Å². The first-order valence-corrected chi connectivity index (χ1v) is 5.79. The van der Waals surface area contributed by atoms with Gasteiger partial charge >= 0.3 is 5.97 Å². The number of azide groups is 1. The Morgan fingerprint density at radius 1 is 1.29 bits per heavy atom. The fourth-order valence-corrected chi connectivity index (χ4v) is 1.10. The molecule has 0 amide bonds. The van der Waals surface area contributed by atoms with Crippen molar-refractivity contribution in [1.82, 2.24) is 0 Å². The number of hydrogen-bond donors (Lipinski definition) is 0. The van der Waals surface area contributed by atoms with Gasteiger partial charge in [0.2, 0.25) is 0 Å². The Kier molecular flexibility index (Phi) is 8.19. The molecule has 0 N–H and O–H groups in total. The average molecular weight is 243 g/mol. The number of carbonyl (C=O) groups excluding carboxylic acids is 1. The molecule has 0 fully saturated rings. The molecule has 98 valence electrons. The first kappa shape index (κ1) is 15.7. The van der Waals surface area contributed by atoms with E-state index in [4.69, 9.17) is 15.0 Å². The van der Waals surface area contributed by atoms with Crippen molar-refractivity contribution in [1.29, 1.82) is 0 Å². The molecule has 0 heterocycles. The van der Waals surface area contributed by atoms with Crippen LogP contribution in [0.2, 0.25) is 0 Å². The number of esters is 1. The minimum Gasteiger partial charge on any atom is -0.463 e. The number of nitrogens with zero attached hydrogens (tertiary/aromatic N) is 3. The highest BCUT2D eigenvalue weighted by Gasteiger charge is 2.11. The normalized spacial score (nSPS) is 12.4. The summed E-state index contributed by atoms with van der Waals surface area (Å²) in [6.07, 6.45) is 0.167. The molecule has 0 bridgehead atoms. The second-order valence-corrected chi connectivity index (χ2v) is 4.48. The van der Waals surface area contributed by atoms with Crippen LogP contribution in [0.3, 0.4) is 0 Å². The molecule has 0 rings (SSSR count). The minimum atomic E-state index is -0.488. The van der Waals surface area contributed by atoms with Crippen LogP contribution >= 0.6 is 0 Å². The van der Waals surface area contributed by atoms with Crippen LogP contribution in [-0.2, 0) is 14.3 Å². The number of rotatable bonds is 8. The third-order valence-corrected chi connectivity index (χ3v) is 1.96. The Morgan fingerprint density at radius 2 is 1.94 bits per heavy atom. The van der Waals surface area contributed by atoms with Crippen LogP contribution in [0.5, 0.6) is 0 Å². The Bertz CT molecular complexity index is 273. The average Bonchev–Trinajstić information content (AvgIpc) is 2.23. The molecule has 6 heteroatoms. The summed E-state index contributed by atoms with van der Waals surface area (Å²) in [5, 5.41) is 3.53. The van der Waals surface area contributed by atoms with Crippen LogP contribution < -0.4 is 0 Å². The second kappa shape index (κ2) is 8.84. The van der Waals surface area contributed by atoms with Crippen molar-refractivity contribution in [3.8, 4) is 0 Å². The highest BCUT2D eigenvalue weighted by Crippen LogP contribution is 2.09. The lowest BCUT2D eigenvalue weighted by Crippen LogP contribution is -2.19. The number of ether oxygens (including phenoxy) is 2. The van der Waals surface area contributed by atoms with Crippen LogP contribution in [0, 0.1) is 11.8 Å². The van der Waals surface area contributed by atoms with Crippen LogP contribution in [0.25, 0.3) is 10.4 Å². The monoisotopic (exact) mass is 243 g/mol. The summed E-state index contributed by atoms with van der Waals surface area (Å²) < 4.78 is 10.3. The standard InChI is InChI=1S/C11H21N3O3/c1-8(2)7-10(13-14-12)16-5-6-17-11(15)9(3)4/h8-10H,5-7H2,1-4H3. The molecule has 0 aromatic carbocycles. The van der Waals surface area contributed by atoms with Gasteiger partial charge in [0.25, 0.3) is 0 Å². The van der Waals surface area contributed by atoms with E-state index in [2.05, 4.69) is 10.0 Å². The Balaban J connectivity index is 3.82. The third kappa shape index (κ3) is 8.54. The quantitative estimate of drug-likeness (QED) is 0.216. The van der Waals surface area contributed by atoms with Gasteiger partial charge < -0.3 is 9.47 Å². The lowest BCUT2D eigenvalue weighted by Gasteiger charge is -2.15. The van der Waals surface area contributed by atoms with Crippen molar-refractivity contribution in [2.75, 3.05) is 13.2 Å². The first-order chi connectivity index (χ1) is 7.97. The van der Waals surface area contributed by atoms with Gasteiger partial charge in [0, 0.05) is 4.91 Å². The zero-order valence-corrected chi connectivity index (χ0v) is 10.9. The maximum Gasteiger partial charge on any atom is 0.308 e. The molecule has 0 aliphatic heterocycles. The minimum absolute atomic E-state index is 0.140. The van der Waals surface area contributed by atoms with Gasteiger partial charge in [0.15, 0.2) is 0 Å². The zero-order valence-electron chi connectivity index (χ0n) is 10.9. The molecule has 1 atom stereocenters. The maximum atomic E-state index is 11.1. The lowest BCUT2D eigenvalue weighted by molar-refractivity contribution is -0.149. The van der Waals surface area contributed by atoms with Crippen molar-refractivity contribution in [2.24, 2.45) is 17.0 Å².